The van der Waals surface area contributed by atoms with Crippen LogP contribution in [0, 0.1) is 5.92 Å². The number of rotatable bonds is 8. The maximum absolute atomic E-state index is 8.82. The fourth-order valence-electron chi connectivity index (χ4n) is 1.54. The largest absolute Gasteiger partial charge is 0.396 e. The van der Waals surface area contributed by atoms with Crippen LogP contribution in [0.15, 0.2) is 0 Å². The summed E-state index contributed by atoms with van der Waals surface area (Å²) in [7, 11) is 0. The first-order chi connectivity index (χ1) is 6.28. The first-order valence-electron chi connectivity index (χ1n) is 5.62. The molecule has 0 rings (SSSR count). The Morgan fingerprint density at radius 3 is 2.08 bits per heavy atom. The van der Waals surface area contributed by atoms with Gasteiger partial charge in [-0.2, -0.15) is 0 Å². The van der Waals surface area contributed by atoms with E-state index in [-0.39, 0.29) is 0 Å². The molecule has 2 heteroatoms. The average molecular weight is 187 g/mol. The molecule has 0 fully saturated rings. The molecule has 0 aromatic heterocycles. The Morgan fingerprint density at radius 2 is 1.69 bits per heavy atom. The second-order valence-electron chi connectivity index (χ2n) is 3.71. The predicted octanol–water partition coefficient (Wildman–Crippen LogP) is 2.17. The maximum atomic E-state index is 8.82. The molecule has 0 spiro atoms. The van der Waals surface area contributed by atoms with Crippen molar-refractivity contribution in [3.8, 4) is 0 Å². The van der Waals surface area contributed by atoms with E-state index in [0.717, 1.165) is 19.4 Å². The van der Waals surface area contributed by atoms with Crippen LogP contribution < -0.4 is 5.32 Å². The van der Waals surface area contributed by atoms with E-state index in [2.05, 4.69) is 26.1 Å². The van der Waals surface area contributed by atoms with E-state index in [1.807, 2.05) is 0 Å². The number of hydrogen-bond donors (Lipinski definition) is 2. The second-order valence-corrected chi connectivity index (χ2v) is 3.71. The fourth-order valence-corrected chi connectivity index (χ4v) is 1.54. The van der Waals surface area contributed by atoms with E-state index in [1.54, 1.807) is 0 Å². The van der Waals surface area contributed by atoms with Gasteiger partial charge in [0.1, 0.15) is 0 Å². The Kier molecular flexibility index (Phi) is 8.46. The minimum Gasteiger partial charge on any atom is -0.396 e. The summed E-state index contributed by atoms with van der Waals surface area (Å²) < 4.78 is 0. The van der Waals surface area contributed by atoms with E-state index >= 15 is 0 Å². The van der Waals surface area contributed by atoms with Crippen LogP contribution in [0.2, 0.25) is 0 Å². The molecule has 1 atom stereocenters. The molecule has 80 valence electrons. The minimum absolute atomic E-state index is 0.323. The predicted molar refractivity (Wildman–Crippen MR) is 57.9 cm³/mol. The van der Waals surface area contributed by atoms with E-state index in [1.165, 1.54) is 12.8 Å². The molecule has 0 radical (unpaired) electrons. The standard InChI is InChI=1S/C11H25NO/c1-4-10(7-8-13)9-12-11(5-2)6-3/h10-13H,4-9H2,1-3H3. The second kappa shape index (κ2) is 8.52. The van der Waals surface area contributed by atoms with Gasteiger partial charge in [0, 0.05) is 12.6 Å². The van der Waals surface area contributed by atoms with Crippen molar-refractivity contribution in [2.75, 3.05) is 13.2 Å². The molecule has 2 N–H and O–H groups in total. The van der Waals surface area contributed by atoms with Crippen molar-refractivity contribution in [3.63, 3.8) is 0 Å². The molecule has 0 amide bonds. The average Bonchev–Trinajstić information content (AvgIpc) is 2.17. The Morgan fingerprint density at radius 1 is 1.08 bits per heavy atom. The summed E-state index contributed by atoms with van der Waals surface area (Å²) in [6.07, 6.45) is 4.50. The van der Waals surface area contributed by atoms with Gasteiger partial charge in [0.2, 0.25) is 0 Å². The highest BCUT2D eigenvalue weighted by Gasteiger charge is 2.08. The van der Waals surface area contributed by atoms with Gasteiger partial charge in [-0.25, -0.2) is 0 Å². The molecule has 0 saturated carbocycles. The maximum Gasteiger partial charge on any atom is 0.0434 e. The van der Waals surface area contributed by atoms with Crippen molar-refractivity contribution < 1.29 is 5.11 Å². The number of aliphatic hydroxyl groups is 1. The highest BCUT2D eigenvalue weighted by Crippen LogP contribution is 2.07. The van der Waals surface area contributed by atoms with Gasteiger partial charge < -0.3 is 10.4 Å². The lowest BCUT2D eigenvalue weighted by Crippen LogP contribution is -2.32. The summed E-state index contributed by atoms with van der Waals surface area (Å²) in [6, 6.07) is 0.660. The first-order valence-corrected chi connectivity index (χ1v) is 5.62. The Bertz CT molecular complexity index is 102. The molecule has 0 aromatic rings. The minimum atomic E-state index is 0.323. The van der Waals surface area contributed by atoms with Gasteiger partial charge in [0.05, 0.1) is 0 Å². The van der Waals surface area contributed by atoms with Crippen molar-refractivity contribution >= 4 is 0 Å². The summed E-state index contributed by atoms with van der Waals surface area (Å²) in [5, 5.41) is 12.4. The molecule has 0 aliphatic carbocycles. The summed E-state index contributed by atoms with van der Waals surface area (Å²) >= 11 is 0. The van der Waals surface area contributed by atoms with E-state index in [0.29, 0.717) is 18.6 Å². The van der Waals surface area contributed by atoms with E-state index in [9.17, 15) is 0 Å². The quantitative estimate of drug-likeness (QED) is 0.610. The molecule has 0 aliphatic rings. The van der Waals surface area contributed by atoms with E-state index < -0.39 is 0 Å². The van der Waals surface area contributed by atoms with Crippen LogP contribution in [0.1, 0.15) is 46.5 Å². The third-order valence-electron chi connectivity index (χ3n) is 2.80. The Labute approximate surface area is 82.7 Å². The fraction of sp³-hybridized carbons (Fsp3) is 1.00. The van der Waals surface area contributed by atoms with Crippen LogP contribution in [-0.4, -0.2) is 24.3 Å². The van der Waals surface area contributed by atoms with Gasteiger partial charge in [0.25, 0.3) is 0 Å². The summed E-state index contributed by atoms with van der Waals surface area (Å²) in [5.41, 5.74) is 0. The molecule has 0 aromatic carbocycles. The molecule has 1 unspecified atom stereocenters. The topological polar surface area (TPSA) is 32.3 Å². The van der Waals surface area contributed by atoms with Crippen molar-refractivity contribution in [2.45, 2.75) is 52.5 Å². The van der Waals surface area contributed by atoms with Crippen molar-refractivity contribution in [1.82, 2.24) is 5.32 Å². The zero-order chi connectivity index (χ0) is 10.1. The highest BCUT2D eigenvalue weighted by atomic mass is 16.3. The molecule has 0 heterocycles. The number of aliphatic hydroxyl groups excluding tert-OH is 1. The van der Waals surface area contributed by atoms with Gasteiger partial charge in [-0.05, 0) is 31.7 Å². The molecular formula is C11H25NO. The molecular weight excluding hydrogens is 162 g/mol. The molecule has 0 saturated heterocycles. The lowest BCUT2D eigenvalue weighted by Gasteiger charge is -2.19. The number of hydrogen-bond acceptors (Lipinski definition) is 2. The van der Waals surface area contributed by atoms with Gasteiger partial charge in [-0.15, -0.1) is 0 Å². The highest BCUT2D eigenvalue weighted by molar-refractivity contribution is 4.66. The summed E-state index contributed by atoms with van der Waals surface area (Å²) in [5.74, 6) is 0.644. The van der Waals surface area contributed by atoms with Crippen LogP contribution in [0.25, 0.3) is 0 Å². The van der Waals surface area contributed by atoms with Gasteiger partial charge in [0.15, 0.2) is 0 Å². The Hall–Kier alpha value is -0.0800. The summed E-state index contributed by atoms with van der Waals surface area (Å²) in [4.78, 5) is 0. The zero-order valence-electron chi connectivity index (χ0n) is 9.34. The zero-order valence-corrected chi connectivity index (χ0v) is 9.34. The molecule has 2 nitrogen and oxygen atoms in total. The van der Waals surface area contributed by atoms with Crippen LogP contribution >= 0.6 is 0 Å². The lowest BCUT2D eigenvalue weighted by molar-refractivity contribution is 0.247. The van der Waals surface area contributed by atoms with Crippen molar-refractivity contribution in [3.05, 3.63) is 0 Å². The van der Waals surface area contributed by atoms with Gasteiger partial charge in [-0.1, -0.05) is 27.2 Å². The summed E-state index contributed by atoms with van der Waals surface area (Å²) in [6.45, 7) is 8.00. The molecule has 13 heavy (non-hydrogen) atoms. The smallest absolute Gasteiger partial charge is 0.0434 e. The van der Waals surface area contributed by atoms with Crippen LogP contribution in [-0.2, 0) is 0 Å². The van der Waals surface area contributed by atoms with Crippen LogP contribution in [0.4, 0.5) is 0 Å². The van der Waals surface area contributed by atoms with Crippen LogP contribution in [0.3, 0.4) is 0 Å². The van der Waals surface area contributed by atoms with Crippen LogP contribution in [0.5, 0.6) is 0 Å². The third kappa shape index (κ3) is 6.05. The Balaban J connectivity index is 3.56. The van der Waals surface area contributed by atoms with Crippen molar-refractivity contribution in [1.29, 1.82) is 0 Å². The molecule has 0 aliphatic heterocycles. The lowest BCUT2D eigenvalue weighted by atomic mass is 10.0. The van der Waals surface area contributed by atoms with E-state index in [4.69, 9.17) is 5.11 Å². The normalized spacial score (nSPS) is 13.6. The molecule has 0 bridgehead atoms. The monoisotopic (exact) mass is 187 g/mol. The number of nitrogens with one attached hydrogen (secondary N) is 1. The van der Waals surface area contributed by atoms with Gasteiger partial charge in [-0.3, -0.25) is 0 Å². The first kappa shape index (κ1) is 12.9. The van der Waals surface area contributed by atoms with Crippen molar-refractivity contribution in [2.24, 2.45) is 5.92 Å². The third-order valence-corrected chi connectivity index (χ3v) is 2.80. The van der Waals surface area contributed by atoms with Gasteiger partial charge >= 0.3 is 0 Å². The SMILES string of the molecule is CCC(CCO)CNC(CC)CC.